The van der Waals surface area contributed by atoms with Crippen LogP contribution in [0.2, 0.25) is 0 Å². The molecule has 326 valence electrons. The first-order valence-electron chi connectivity index (χ1n) is 22.0. The zero-order chi connectivity index (χ0) is 46.1. The highest BCUT2D eigenvalue weighted by Crippen LogP contribution is 2.48. The SMILES string of the molecule is Fc1cccc(F)c1-c1cc(-n2c3ccccc3c3cc(-c4cccnc4-c4ccccc4)ccc32)c(C(F)(F)F)c(-n2c3ccccc3c3cc(-c4cccnc4-c4ccccc4)ccc32)c1. The van der Waals surface area contributed by atoms with Gasteiger partial charge in [-0.05, 0) is 89.5 Å². The third kappa shape index (κ3) is 6.65. The molecule has 68 heavy (non-hydrogen) atoms. The van der Waals surface area contributed by atoms with Crippen LogP contribution in [-0.4, -0.2) is 19.1 Å². The Bertz CT molecular complexity index is 3690. The van der Waals surface area contributed by atoms with Gasteiger partial charge in [0.15, 0.2) is 0 Å². The summed E-state index contributed by atoms with van der Waals surface area (Å²) in [5.41, 5.74) is 6.54. The average molecular weight is 895 g/mol. The van der Waals surface area contributed by atoms with Crippen LogP contribution in [0.5, 0.6) is 0 Å². The summed E-state index contributed by atoms with van der Waals surface area (Å²) < 4.78 is 85.0. The highest BCUT2D eigenvalue weighted by Gasteiger charge is 2.40. The number of pyridine rings is 2. The van der Waals surface area contributed by atoms with E-state index in [0.29, 0.717) is 43.6 Å². The van der Waals surface area contributed by atoms with E-state index in [2.05, 4.69) is 0 Å². The Labute approximate surface area is 386 Å². The Morgan fingerprint density at radius 2 is 0.779 bits per heavy atom. The molecule has 0 saturated carbocycles. The number of halogens is 5. The second-order valence-corrected chi connectivity index (χ2v) is 16.7. The minimum absolute atomic E-state index is 0.0607. The Morgan fingerprint density at radius 1 is 0.353 bits per heavy atom. The van der Waals surface area contributed by atoms with Crippen LogP contribution in [0.25, 0.3) is 111 Å². The highest BCUT2D eigenvalue weighted by molar-refractivity contribution is 6.13. The summed E-state index contributed by atoms with van der Waals surface area (Å²) in [6.07, 6.45) is -1.51. The fourth-order valence-corrected chi connectivity index (χ4v) is 9.90. The summed E-state index contributed by atoms with van der Waals surface area (Å²) in [6.45, 7) is 0. The fourth-order valence-electron chi connectivity index (χ4n) is 9.90. The van der Waals surface area contributed by atoms with Gasteiger partial charge < -0.3 is 9.13 Å². The number of hydrogen-bond acceptors (Lipinski definition) is 2. The molecule has 4 heterocycles. The van der Waals surface area contributed by atoms with Crippen molar-refractivity contribution < 1.29 is 22.0 Å². The number of rotatable bonds is 7. The normalized spacial score (nSPS) is 11.9. The van der Waals surface area contributed by atoms with Crippen LogP contribution in [0.15, 0.2) is 213 Å². The van der Waals surface area contributed by atoms with E-state index in [-0.39, 0.29) is 16.9 Å². The second-order valence-electron chi connectivity index (χ2n) is 16.7. The van der Waals surface area contributed by atoms with Gasteiger partial charge in [0.05, 0.1) is 50.4 Å². The summed E-state index contributed by atoms with van der Waals surface area (Å²) in [6, 6.07) is 59.1. The van der Waals surface area contributed by atoms with Crippen LogP contribution in [0.4, 0.5) is 22.0 Å². The van der Waals surface area contributed by atoms with Crippen LogP contribution in [0.3, 0.4) is 0 Å². The number of para-hydroxylation sites is 2. The van der Waals surface area contributed by atoms with Crippen molar-refractivity contribution in [3.05, 3.63) is 230 Å². The lowest BCUT2D eigenvalue weighted by atomic mass is 9.97. The summed E-state index contributed by atoms with van der Waals surface area (Å²) >= 11 is 0. The quantitative estimate of drug-likeness (QED) is 0.149. The molecular formula is C59H35F5N4. The molecule has 12 aromatic rings. The van der Waals surface area contributed by atoms with Gasteiger partial charge in [0.2, 0.25) is 0 Å². The zero-order valence-electron chi connectivity index (χ0n) is 35.9. The van der Waals surface area contributed by atoms with Crippen molar-refractivity contribution in [2.45, 2.75) is 6.18 Å². The van der Waals surface area contributed by atoms with Crippen LogP contribution in [-0.2, 0) is 6.18 Å². The molecule has 0 atom stereocenters. The number of fused-ring (bicyclic) bond motifs is 6. The third-order valence-electron chi connectivity index (χ3n) is 12.8. The van der Waals surface area contributed by atoms with Crippen LogP contribution in [0.1, 0.15) is 5.56 Å². The molecule has 4 aromatic heterocycles. The molecule has 0 bridgehead atoms. The van der Waals surface area contributed by atoms with Gasteiger partial charge >= 0.3 is 6.18 Å². The van der Waals surface area contributed by atoms with Crippen molar-refractivity contribution in [3.8, 4) is 67.3 Å². The molecule has 0 unspecified atom stereocenters. The van der Waals surface area contributed by atoms with Gasteiger partial charge in [0, 0.05) is 56.2 Å². The van der Waals surface area contributed by atoms with E-state index < -0.39 is 28.9 Å². The van der Waals surface area contributed by atoms with Gasteiger partial charge in [-0.25, -0.2) is 8.78 Å². The third-order valence-corrected chi connectivity index (χ3v) is 12.8. The van der Waals surface area contributed by atoms with Gasteiger partial charge in [-0.1, -0.05) is 127 Å². The van der Waals surface area contributed by atoms with E-state index >= 15 is 22.0 Å². The highest BCUT2D eigenvalue weighted by atomic mass is 19.4. The van der Waals surface area contributed by atoms with E-state index in [1.807, 2.05) is 146 Å². The Morgan fingerprint density at radius 3 is 1.24 bits per heavy atom. The molecule has 0 fully saturated rings. The van der Waals surface area contributed by atoms with E-state index in [0.717, 1.165) is 56.9 Å². The van der Waals surface area contributed by atoms with Crippen molar-refractivity contribution in [1.29, 1.82) is 0 Å². The Kier molecular flexibility index (Phi) is 9.62. The summed E-state index contributed by atoms with van der Waals surface area (Å²) in [4.78, 5) is 9.46. The standard InChI is InChI=1S/C59H35F5N4/c60-47-22-11-23-48(61)55(47)40-34-53(67-49-24-9-7-18-43(49)45-32-38(26-28-51(45)67)41-20-12-30-65-57(41)36-14-3-1-4-15-36)56(59(62,63)64)54(35-40)68-50-25-10-8-19-44(50)46-33-39(27-29-52(46)68)42-21-13-31-66-58(42)37-16-5-2-6-17-37/h1-35H. The molecule has 9 heteroatoms. The molecule has 0 spiro atoms. The Balaban J connectivity index is 1.16. The minimum Gasteiger partial charge on any atom is -0.309 e. The molecule has 0 aliphatic heterocycles. The number of hydrogen-bond donors (Lipinski definition) is 0. The molecule has 0 aliphatic rings. The van der Waals surface area contributed by atoms with Crippen molar-refractivity contribution in [2.75, 3.05) is 0 Å². The minimum atomic E-state index is -4.98. The molecule has 12 rings (SSSR count). The zero-order valence-corrected chi connectivity index (χ0v) is 35.9. The molecule has 0 aliphatic carbocycles. The van der Waals surface area contributed by atoms with Crippen LogP contribution >= 0.6 is 0 Å². The smallest absolute Gasteiger partial charge is 0.309 e. The van der Waals surface area contributed by atoms with E-state index in [1.165, 1.54) is 18.2 Å². The second kappa shape index (κ2) is 16.0. The predicted molar refractivity (Wildman–Crippen MR) is 263 cm³/mol. The molecule has 0 N–H and O–H groups in total. The number of nitrogens with zero attached hydrogens (tertiary/aromatic N) is 4. The lowest BCUT2D eigenvalue weighted by Gasteiger charge is -2.23. The maximum Gasteiger partial charge on any atom is 0.420 e. The van der Waals surface area contributed by atoms with Crippen LogP contribution < -0.4 is 0 Å². The van der Waals surface area contributed by atoms with E-state index in [1.54, 1.807) is 45.8 Å². The molecule has 0 radical (unpaired) electrons. The van der Waals surface area contributed by atoms with Gasteiger partial charge in [-0.3, -0.25) is 9.97 Å². The Hall–Kier alpha value is -8.69. The van der Waals surface area contributed by atoms with Crippen molar-refractivity contribution >= 4 is 43.6 Å². The van der Waals surface area contributed by atoms with Gasteiger partial charge in [-0.2, -0.15) is 13.2 Å². The molecule has 4 nitrogen and oxygen atoms in total. The lowest BCUT2D eigenvalue weighted by Crippen LogP contribution is -2.16. The molecule has 0 amide bonds. The number of alkyl halides is 3. The van der Waals surface area contributed by atoms with Gasteiger partial charge in [0.1, 0.15) is 17.2 Å². The maximum absolute atomic E-state index is 16.6. The first kappa shape index (κ1) is 40.8. The number of aromatic nitrogens is 4. The lowest BCUT2D eigenvalue weighted by molar-refractivity contribution is -0.137. The predicted octanol–water partition coefficient (Wildman–Crippen LogP) is 16.3. The molecule has 0 saturated heterocycles. The van der Waals surface area contributed by atoms with Gasteiger partial charge in [0.25, 0.3) is 0 Å². The van der Waals surface area contributed by atoms with E-state index in [4.69, 9.17) is 9.97 Å². The van der Waals surface area contributed by atoms with Crippen molar-refractivity contribution in [3.63, 3.8) is 0 Å². The largest absolute Gasteiger partial charge is 0.420 e. The first-order chi connectivity index (χ1) is 33.2. The van der Waals surface area contributed by atoms with Crippen molar-refractivity contribution in [1.82, 2.24) is 19.1 Å². The summed E-state index contributed by atoms with van der Waals surface area (Å²) in [5.74, 6) is -1.81. The summed E-state index contributed by atoms with van der Waals surface area (Å²) in [7, 11) is 0. The van der Waals surface area contributed by atoms with Crippen molar-refractivity contribution in [2.24, 2.45) is 0 Å². The van der Waals surface area contributed by atoms with Crippen LogP contribution in [0, 0.1) is 11.6 Å². The first-order valence-corrected chi connectivity index (χ1v) is 22.0. The molecular weight excluding hydrogens is 860 g/mol. The fraction of sp³-hybridized carbons (Fsp3) is 0.0169. The molecule has 8 aromatic carbocycles. The monoisotopic (exact) mass is 894 g/mol. The average Bonchev–Trinajstić information content (AvgIpc) is 3.88. The van der Waals surface area contributed by atoms with E-state index in [9.17, 15) is 0 Å². The maximum atomic E-state index is 16.6. The summed E-state index contributed by atoms with van der Waals surface area (Å²) in [5, 5.41) is 2.77. The topological polar surface area (TPSA) is 35.6 Å². The number of benzene rings is 8. The van der Waals surface area contributed by atoms with Gasteiger partial charge in [-0.15, -0.1) is 0 Å².